The van der Waals surface area contributed by atoms with Crippen LogP contribution >= 0.6 is 8.25 Å². The van der Waals surface area contributed by atoms with E-state index < -0.39 is 8.25 Å². The van der Waals surface area contributed by atoms with Gasteiger partial charge in [0.1, 0.15) is 0 Å². The summed E-state index contributed by atoms with van der Waals surface area (Å²) >= 11 is 4.51. The molecule has 0 N–H and O–H groups in total. The Morgan fingerprint density at radius 1 is 1.71 bits per heavy atom. The van der Waals surface area contributed by atoms with E-state index in [4.69, 9.17) is 14.4 Å². The zero-order chi connectivity index (χ0) is 6.28. The molecule has 0 unspecified atom stereocenters. The van der Waals surface area contributed by atoms with Crippen molar-refractivity contribution in [2.24, 2.45) is 0 Å². The minimum Gasteiger partial charge on any atom is -0.813 e. The molecule has 0 aliphatic rings. The van der Waals surface area contributed by atoms with Crippen LogP contribution in [0.5, 0.6) is 0 Å². The molecule has 0 atom stereocenters. The van der Waals surface area contributed by atoms with Crippen LogP contribution in [-0.4, -0.2) is 0 Å². The average Bonchev–Trinajstić information content (AvgIpc) is 1.33. The summed E-state index contributed by atoms with van der Waals surface area (Å²) in [5.41, 5.74) is 0. The van der Waals surface area contributed by atoms with Crippen LogP contribution in [0.4, 0.5) is 0 Å². The van der Waals surface area contributed by atoms with Crippen molar-refractivity contribution in [3.63, 3.8) is 0 Å². The van der Waals surface area contributed by atoms with Crippen molar-refractivity contribution in [2.75, 3.05) is 0 Å². The maximum atomic E-state index is 8.52. The van der Waals surface area contributed by atoms with Crippen LogP contribution < -0.4 is 9.79 Å². The van der Waals surface area contributed by atoms with Gasteiger partial charge in [-0.15, -0.1) is 0 Å². The van der Waals surface area contributed by atoms with Gasteiger partial charge in [-0.3, -0.25) is 0 Å². The maximum Gasteiger partial charge on any atom is -0.0813 e. The van der Waals surface area contributed by atoms with Gasteiger partial charge in [-0.25, -0.2) is 0 Å². The molecule has 0 amide bonds. The van der Waals surface area contributed by atoms with Crippen LogP contribution in [0.15, 0.2) is 0 Å². The molecular weight excluding hydrogens is 167 g/mol. The summed E-state index contributed by atoms with van der Waals surface area (Å²) in [5.74, 6) is 0. The summed E-state index contributed by atoms with van der Waals surface area (Å²) in [6.07, 6.45) is 0. The normalized spacial score (nSPS) is 7.71. The zero-order valence-electron chi connectivity index (χ0n) is 3.73. The predicted molar refractivity (Wildman–Crippen MR) is 19.5 cm³/mol. The Bertz CT molecular complexity index is 44.2. The van der Waals surface area contributed by atoms with Gasteiger partial charge in [-0.1, -0.05) is 8.25 Å². The minimum absolute atomic E-state index is 0.812. The van der Waals surface area contributed by atoms with E-state index in [9.17, 15) is 0 Å². The van der Waals surface area contributed by atoms with Crippen LogP contribution in [0, 0.1) is 0 Å². The van der Waals surface area contributed by atoms with Crippen LogP contribution in [-0.2, 0) is 20.6 Å². The fourth-order valence-corrected chi connectivity index (χ4v) is 0. The molecule has 0 saturated carbocycles. The Balaban J connectivity index is 0. The van der Waals surface area contributed by atoms with Crippen molar-refractivity contribution in [1.29, 1.82) is 0 Å². The summed E-state index contributed by atoms with van der Waals surface area (Å²) in [4.78, 5) is 17.0. The topological polar surface area (TPSA) is 63.2 Å². The van der Waals surface area contributed by atoms with E-state index >= 15 is 0 Å². The van der Waals surface area contributed by atoms with Crippen LogP contribution in [0.3, 0.4) is 0 Å². The Labute approximate surface area is 51.5 Å². The van der Waals surface area contributed by atoms with Gasteiger partial charge in [-0.05, 0) is 0 Å². The molecule has 0 radical (unpaired) electrons. The van der Waals surface area contributed by atoms with Gasteiger partial charge in [-0.2, -0.15) is 0 Å². The molecule has 0 aliphatic carbocycles. The Hall–Kier alpha value is 0.669. The van der Waals surface area contributed by atoms with Crippen molar-refractivity contribution in [1.82, 2.24) is 0 Å². The summed E-state index contributed by atoms with van der Waals surface area (Å²) in [6.45, 7) is 1.93. The summed E-state index contributed by atoms with van der Waals surface area (Å²) in [7, 11) is -3.63. The van der Waals surface area contributed by atoms with Crippen LogP contribution in [0.1, 0.15) is 6.92 Å². The molecule has 0 bridgehead atoms. The molecule has 5 heteroatoms. The number of rotatable bonds is 0. The molecule has 7 heavy (non-hydrogen) atoms. The van der Waals surface area contributed by atoms with Gasteiger partial charge in [0.05, 0.1) is 0 Å². The molecule has 0 saturated heterocycles. The van der Waals surface area contributed by atoms with Crippen LogP contribution in [0.25, 0.3) is 0 Å². The first-order valence-electron chi connectivity index (χ1n) is 1.53. The van der Waals surface area contributed by atoms with E-state index in [-0.39, 0.29) is 0 Å². The molecule has 0 rings (SSSR count). The standard InChI is InChI=1S/C2H5.Cu.H3O3P/c1-2;;1-4(2)3/h1H2,2H3;;4H,(H2,1,2,3)/q;+2;/p-2. The van der Waals surface area contributed by atoms with Crippen molar-refractivity contribution >= 4 is 8.25 Å². The van der Waals surface area contributed by atoms with E-state index in [1.165, 1.54) is 0 Å². The minimum atomic E-state index is -3.63. The molecule has 0 aliphatic heterocycles. The predicted octanol–water partition coefficient (Wildman–Crippen LogP) is -0.932. The Kier molecular flexibility index (Phi) is 14.9. The fraction of sp³-hybridized carbons (Fsp3) is 1.00. The number of hydrogen-bond acceptors (Lipinski definition) is 3. The van der Waals surface area contributed by atoms with Crippen LogP contribution in [0.2, 0.25) is 5.32 Å². The largest absolute Gasteiger partial charge is 0.813 e. The molecule has 0 aromatic heterocycles. The monoisotopic (exact) mass is 172 g/mol. The molecule has 3 nitrogen and oxygen atoms in total. The van der Waals surface area contributed by atoms with E-state index in [1.54, 1.807) is 0 Å². The molecule has 0 aromatic rings. The van der Waals surface area contributed by atoms with Gasteiger partial charge in [0, 0.05) is 0 Å². The first kappa shape index (κ1) is 10.6. The van der Waals surface area contributed by atoms with Crippen molar-refractivity contribution < 1.29 is 30.4 Å². The maximum absolute atomic E-state index is 8.52. The quantitative estimate of drug-likeness (QED) is 0.350. The average molecular weight is 173 g/mol. The summed E-state index contributed by atoms with van der Waals surface area (Å²) < 4.78 is 8.52. The smallest absolute Gasteiger partial charge is 0.0813 e. The second-order valence-electron chi connectivity index (χ2n) is 0.463. The van der Waals surface area contributed by atoms with E-state index in [0.29, 0.717) is 0 Å². The molecule has 0 fully saturated rings. The van der Waals surface area contributed by atoms with Gasteiger partial charge in [0.2, 0.25) is 0 Å². The third kappa shape index (κ3) is 324. The SMILES string of the molecule is C[CH2][Cu+2].O=[PH]([O-])[O-]. The van der Waals surface area contributed by atoms with Gasteiger partial charge < -0.3 is 14.4 Å². The molecule has 0 heterocycles. The second kappa shape index (κ2) is 9.83. The first-order valence-corrected chi connectivity index (χ1v) is 3.42. The van der Waals surface area contributed by atoms with Crippen molar-refractivity contribution in [2.45, 2.75) is 12.2 Å². The van der Waals surface area contributed by atoms with Crippen molar-refractivity contribution in [3.8, 4) is 0 Å². The fourth-order valence-electron chi connectivity index (χ4n) is 0. The molecule has 48 valence electrons. The van der Waals surface area contributed by atoms with E-state index in [0.717, 1.165) is 5.32 Å². The van der Waals surface area contributed by atoms with Gasteiger partial charge >= 0.3 is 28.3 Å². The summed E-state index contributed by atoms with van der Waals surface area (Å²) in [5, 5.41) is 0.812. The molecular formula is C2H6CuO3P. The second-order valence-corrected chi connectivity index (χ2v) is 1.63. The van der Waals surface area contributed by atoms with Gasteiger partial charge in [0.25, 0.3) is 0 Å². The molecule has 0 aromatic carbocycles. The third-order valence-corrected chi connectivity index (χ3v) is 0. The Morgan fingerprint density at radius 2 is 1.71 bits per heavy atom. The van der Waals surface area contributed by atoms with Gasteiger partial charge in [0.15, 0.2) is 0 Å². The van der Waals surface area contributed by atoms with E-state index in [2.05, 4.69) is 16.0 Å². The number of hydrogen-bond donors (Lipinski definition) is 0. The third-order valence-electron chi connectivity index (χ3n) is 0. The molecule has 0 spiro atoms. The zero-order valence-corrected chi connectivity index (χ0v) is 5.68. The first-order chi connectivity index (χ1) is 3.15. The van der Waals surface area contributed by atoms with Crippen molar-refractivity contribution in [3.05, 3.63) is 0 Å². The summed E-state index contributed by atoms with van der Waals surface area (Å²) in [6, 6.07) is 0. The van der Waals surface area contributed by atoms with E-state index in [1.807, 2.05) is 6.92 Å². The Morgan fingerprint density at radius 3 is 1.71 bits per heavy atom.